The molecule has 1 saturated heterocycles. The Morgan fingerprint density at radius 2 is 1.71 bits per heavy atom. The van der Waals surface area contributed by atoms with Crippen molar-refractivity contribution in [3.05, 3.63) is 35.9 Å². The summed E-state index contributed by atoms with van der Waals surface area (Å²) in [4.78, 5) is 25.5. The Balaban J connectivity index is 2.41. The molecular weight excluding hydrogens is 286 g/mol. The van der Waals surface area contributed by atoms with Crippen molar-refractivity contribution >= 4 is 23.6 Å². The molecule has 114 valence electrons. The molecule has 0 radical (unpaired) electrons. The van der Waals surface area contributed by atoms with E-state index in [0.29, 0.717) is 5.56 Å². The van der Waals surface area contributed by atoms with Gasteiger partial charge >= 0.3 is 5.97 Å². The van der Waals surface area contributed by atoms with Crippen LogP contribution in [0.15, 0.2) is 30.3 Å². The lowest BCUT2D eigenvalue weighted by Crippen LogP contribution is -2.51. The number of ether oxygens (including phenoxy) is 1. The molecular formula is C16H21NO3S. The van der Waals surface area contributed by atoms with Gasteiger partial charge in [-0.15, -0.1) is 11.8 Å². The van der Waals surface area contributed by atoms with Gasteiger partial charge in [0.05, 0.1) is 9.62 Å². The first-order valence-electron chi connectivity index (χ1n) is 6.91. The third kappa shape index (κ3) is 3.07. The van der Waals surface area contributed by atoms with Gasteiger partial charge in [-0.2, -0.15) is 0 Å². The smallest absolute Gasteiger partial charge is 0.304 e. The highest BCUT2D eigenvalue weighted by Crippen LogP contribution is 2.51. The van der Waals surface area contributed by atoms with Crippen LogP contribution in [0.4, 0.5) is 0 Å². The van der Waals surface area contributed by atoms with Gasteiger partial charge in [-0.05, 0) is 39.8 Å². The number of carbonyl (C=O) groups is 2. The van der Waals surface area contributed by atoms with Crippen molar-refractivity contribution in [3.8, 4) is 0 Å². The minimum absolute atomic E-state index is 0.120. The molecule has 1 aliphatic rings. The highest BCUT2D eigenvalue weighted by Gasteiger charge is 2.55. The number of hydrogen-bond donors (Lipinski definition) is 0. The summed E-state index contributed by atoms with van der Waals surface area (Å²) in [6, 6.07) is 9.08. The second-order valence-corrected chi connectivity index (χ2v) is 8.41. The van der Waals surface area contributed by atoms with Gasteiger partial charge in [0.25, 0.3) is 5.91 Å². The quantitative estimate of drug-likeness (QED) is 0.787. The Morgan fingerprint density at radius 1 is 1.14 bits per heavy atom. The molecule has 0 spiro atoms. The largest absolute Gasteiger partial charge is 0.440 e. The van der Waals surface area contributed by atoms with E-state index in [4.69, 9.17) is 4.74 Å². The molecule has 21 heavy (non-hydrogen) atoms. The lowest BCUT2D eigenvalue weighted by Gasteiger charge is -2.35. The Labute approximate surface area is 129 Å². The van der Waals surface area contributed by atoms with E-state index < -0.39 is 11.1 Å². The van der Waals surface area contributed by atoms with Gasteiger partial charge in [0.2, 0.25) is 0 Å². The van der Waals surface area contributed by atoms with Crippen LogP contribution in [-0.2, 0) is 9.53 Å². The molecule has 0 aromatic heterocycles. The fourth-order valence-corrected chi connectivity index (χ4v) is 4.58. The molecule has 1 aromatic rings. The van der Waals surface area contributed by atoms with E-state index in [1.54, 1.807) is 28.8 Å². The number of benzene rings is 1. The van der Waals surface area contributed by atoms with Crippen LogP contribution in [0.25, 0.3) is 0 Å². The number of rotatable bonds is 2. The first-order valence-corrected chi connectivity index (χ1v) is 7.73. The van der Waals surface area contributed by atoms with Crippen molar-refractivity contribution in [1.82, 2.24) is 4.90 Å². The van der Waals surface area contributed by atoms with E-state index in [1.807, 2.05) is 45.9 Å². The summed E-state index contributed by atoms with van der Waals surface area (Å²) in [7, 11) is 0. The summed E-state index contributed by atoms with van der Waals surface area (Å²) >= 11 is 1.63. The van der Waals surface area contributed by atoms with Gasteiger partial charge in [0.1, 0.15) is 0 Å². The normalized spacial score (nSPS) is 22.9. The molecule has 1 aromatic carbocycles. The van der Waals surface area contributed by atoms with Crippen LogP contribution in [0.2, 0.25) is 0 Å². The highest BCUT2D eigenvalue weighted by atomic mass is 32.2. The molecule has 1 fully saturated rings. The lowest BCUT2D eigenvalue weighted by molar-refractivity contribution is -0.156. The number of carbonyl (C=O) groups excluding carboxylic acids is 2. The SMILES string of the molecule is CC(=O)OC1N(C(=O)c2ccccc2)C(C)(C)SC1(C)C. The molecule has 1 unspecified atom stereocenters. The fraction of sp³-hybridized carbons (Fsp3) is 0.500. The topological polar surface area (TPSA) is 46.6 Å². The van der Waals surface area contributed by atoms with Gasteiger partial charge in [-0.1, -0.05) is 18.2 Å². The Kier molecular flexibility index (Phi) is 4.06. The number of thioether (sulfide) groups is 1. The first-order chi connectivity index (χ1) is 9.65. The molecule has 1 atom stereocenters. The summed E-state index contributed by atoms with van der Waals surface area (Å²) < 4.78 is 5.10. The minimum Gasteiger partial charge on any atom is -0.440 e. The van der Waals surface area contributed by atoms with Crippen LogP contribution in [0.5, 0.6) is 0 Å². The number of esters is 1. The fourth-order valence-electron chi connectivity index (χ4n) is 2.76. The van der Waals surface area contributed by atoms with Crippen molar-refractivity contribution in [2.45, 2.75) is 50.5 Å². The Bertz CT molecular complexity index is 554. The van der Waals surface area contributed by atoms with Crippen molar-refractivity contribution in [2.24, 2.45) is 0 Å². The lowest BCUT2D eigenvalue weighted by atomic mass is 10.1. The van der Waals surface area contributed by atoms with Gasteiger partial charge in [0.15, 0.2) is 6.23 Å². The van der Waals surface area contributed by atoms with Crippen molar-refractivity contribution in [1.29, 1.82) is 0 Å². The third-order valence-electron chi connectivity index (χ3n) is 3.44. The molecule has 0 bridgehead atoms. The van der Waals surface area contributed by atoms with Crippen molar-refractivity contribution in [3.63, 3.8) is 0 Å². The second kappa shape index (κ2) is 5.37. The molecule has 1 aliphatic heterocycles. The van der Waals surface area contributed by atoms with Crippen LogP contribution in [0.1, 0.15) is 45.0 Å². The summed E-state index contributed by atoms with van der Waals surface area (Å²) in [6.45, 7) is 9.31. The standard InChI is InChI=1S/C16H21NO3S/c1-11(18)20-14-15(2,3)21-16(4,5)17(14)13(19)12-9-7-6-8-10-12/h6-10,14H,1-5H3. The van der Waals surface area contributed by atoms with E-state index in [9.17, 15) is 9.59 Å². The Hall–Kier alpha value is -1.49. The molecule has 1 heterocycles. The van der Waals surface area contributed by atoms with Crippen LogP contribution >= 0.6 is 11.8 Å². The summed E-state index contributed by atoms with van der Waals surface area (Å²) in [6.07, 6.45) is -0.581. The molecule has 2 rings (SSSR count). The van der Waals surface area contributed by atoms with E-state index in [-0.39, 0.29) is 16.6 Å². The molecule has 0 saturated carbocycles. The monoisotopic (exact) mass is 307 g/mol. The summed E-state index contributed by atoms with van der Waals surface area (Å²) in [5, 5.41) is 0. The van der Waals surface area contributed by atoms with Crippen LogP contribution < -0.4 is 0 Å². The van der Waals surface area contributed by atoms with Crippen LogP contribution in [-0.4, -0.2) is 32.6 Å². The minimum atomic E-state index is -0.581. The number of amides is 1. The third-order valence-corrected chi connectivity index (χ3v) is 4.86. The number of hydrogen-bond acceptors (Lipinski definition) is 4. The van der Waals surface area contributed by atoms with E-state index in [1.165, 1.54) is 6.92 Å². The van der Waals surface area contributed by atoms with Crippen LogP contribution in [0, 0.1) is 0 Å². The molecule has 0 N–H and O–H groups in total. The predicted molar refractivity (Wildman–Crippen MR) is 83.9 cm³/mol. The van der Waals surface area contributed by atoms with Gasteiger partial charge < -0.3 is 4.74 Å². The predicted octanol–water partition coefficient (Wildman–Crippen LogP) is 3.28. The maximum Gasteiger partial charge on any atom is 0.304 e. The highest BCUT2D eigenvalue weighted by molar-refractivity contribution is 8.02. The second-order valence-electron chi connectivity index (χ2n) is 6.16. The average molecular weight is 307 g/mol. The first kappa shape index (κ1) is 15.9. The molecule has 1 amide bonds. The van der Waals surface area contributed by atoms with E-state index in [0.717, 1.165) is 0 Å². The van der Waals surface area contributed by atoms with Gasteiger partial charge in [-0.3, -0.25) is 14.5 Å². The van der Waals surface area contributed by atoms with Crippen molar-refractivity contribution in [2.75, 3.05) is 0 Å². The van der Waals surface area contributed by atoms with E-state index >= 15 is 0 Å². The average Bonchev–Trinajstić information content (AvgIpc) is 2.54. The van der Waals surface area contributed by atoms with Gasteiger partial charge in [0, 0.05) is 12.5 Å². The Morgan fingerprint density at radius 3 is 2.24 bits per heavy atom. The summed E-state index contributed by atoms with van der Waals surface area (Å²) in [5.74, 6) is -0.498. The number of nitrogens with zero attached hydrogens (tertiary/aromatic N) is 1. The summed E-state index contributed by atoms with van der Waals surface area (Å²) in [5.41, 5.74) is 0.598. The molecule has 0 aliphatic carbocycles. The van der Waals surface area contributed by atoms with Crippen LogP contribution in [0.3, 0.4) is 0 Å². The van der Waals surface area contributed by atoms with Crippen molar-refractivity contribution < 1.29 is 14.3 Å². The zero-order chi connectivity index (χ0) is 15.8. The zero-order valence-corrected chi connectivity index (χ0v) is 13.9. The maximum absolute atomic E-state index is 12.9. The molecule has 4 nitrogen and oxygen atoms in total. The van der Waals surface area contributed by atoms with E-state index in [2.05, 4.69) is 0 Å². The maximum atomic E-state index is 12.9. The molecule has 5 heteroatoms. The zero-order valence-electron chi connectivity index (χ0n) is 13.0. The van der Waals surface area contributed by atoms with Gasteiger partial charge in [-0.25, -0.2) is 0 Å².